The summed E-state index contributed by atoms with van der Waals surface area (Å²) in [7, 11) is 0. The number of fused-ring (bicyclic) bond motifs is 1. The Morgan fingerprint density at radius 2 is 1.82 bits per heavy atom. The maximum Gasteiger partial charge on any atom is 0.336 e. The van der Waals surface area contributed by atoms with E-state index in [2.05, 4.69) is 4.90 Å². The summed E-state index contributed by atoms with van der Waals surface area (Å²) in [5, 5.41) is 11.1. The van der Waals surface area contributed by atoms with Gasteiger partial charge in [0.05, 0.1) is 0 Å². The van der Waals surface area contributed by atoms with Gasteiger partial charge in [-0.25, -0.2) is 4.79 Å². The topological polar surface area (TPSA) is 62.9 Å². The van der Waals surface area contributed by atoms with Crippen LogP contribution in [0.2, 0.25) is 0 Å². The summed E-state index contributed by atoms with van der Waals surface area (Å²) in [6, 6.07) is 16.7. The number of aliphatic hydroxyl groups excluding tert-OH is 1. The fourth-order valence-electron chi connectivity index (χ4n) is 3.77. The number of hydrogen-bond donors (Lipinski definition) is 1. The van der Waals surface area contributed by atoms with E-state index in [0.29, 0.717) is 17.9 Å². The summed E-state index contributed by atoms with van der Waals surface area (Å²) in [5.74, 6) is 0.582. The highest BCUT2D eigenvalue weighted by Gasteiger charge is 2.15. The molecule has 1 aliphatic rings. The molecular weight excluding hydrogens is 354 g/mol. The van der Waals surface area contributed by atoms with Gasteiger partial charge in [-0.3, -0.25) is 0 Å². The number of aliphatic hydroxyl groups is 1. The fraction of sp³-hybridized carbons (Fsp3) is 0.348. The third-order valence-corrected chi connectivity index (χ3v) is 5.16. The maximum atomic E-state index is 12.0. The van der Waals surface area contributed by atoms with Crippen LogP contribution < -0.4 is 10.4 Å². The lowest BCUT2D eigenvalue weighted by Gasteiger charge is -2.28. The van der Waals surface area contributed by atoms with Gasteiger partial charge in [-0.05, 0) is 49.2 Å². The van der Waals surface area contributed by atoms with E-state index in [4.69, 9.17) is 9.15 Å². The predicted octanol–water partition coefficient (Wildman–Crippen LogP) is 3.69. The first-order valence-electron chi connectivity index (χ1n) is 9.85. The smallest absolute Gasteiger partial charge is 0.336 e. The number of benzene rings is 2. The van der Waals surface area contributed by atoms with E-state index in [1.807, 2.05) is 42.5 Å². The van der Waals surface area contributed by atoms with Crippen LogP contribution >= 0.6 is 0 Å². The molecule has 1 fully saturated rings. The van der Waals surface area contributed by atoms with Crippen molar-refractivity contribution < 1.29 is 14.3 Å². The van der Waals surface area contributed by atoms with E-state index in [-0.39, 0.29) is 6.61 Å². The van der Waals surface area contributed by atoms with Gasteiger partial charge in [0.15, 0.2) is 0 Å². The zero-order chi connectivity index (χ0) is 19.3. The maximum absolute atomic E-state index is 12.0. The number of rotatable bonds is 6. The number of ether oxygens (including phenoxy) is 1. The van der Waals surface area contributed by atoms with Crippen molar-refractivity contribution in [1.82, 2.24) is 4.90 Å². The van der Waals surface area contributed by atoms with E-state index < -0.39 is 11.7 Å². The normalized spacial score (nSPS) is 16.2. The van der Waals surface area contributed by atoms with Crippen molar-refractivity contribution in [3.8, 4) is 16.9 Å². The molecule has 1 saturated heterocycles. The van der Waals surface area contributed by atoms with Crippen LogP contribution in [0.3, 0.4) is 0 Å². The second-order valence-electron chi connectivity index (χ2n) is 7.33. The molecule has 4 rings (SSSR count). The van der Waals surface area contributed by atoms with Gasteiger partial charge < -0.3 is 19.2 Å². The van der Waals surface area contributed by atoms with Crippen molar-refractivity contribution in [2.75, 3.05) is 26.2 Å². The molecule has 5 heteroatoms. The summed E-state index contributed by atoms with van der Waals surface area (Å²) >= 11 is 0. The minimum absolute atomic E-state index is 0.213. The van der Waals surface area contributed by atoms with Crippen LogP contribution in [0.1, 0.15) is 19.3 Å². The molecule has 5 nitrogen and oxygen atoms in total. The largest absolute Gasteiger partial charge is 0.491 e. The van der Waals surface area contributed by atoms with Crippen LogP contribution in [0.4, 0.5) is 0 Å². The highest BCUT2D eigenvalue weighted by molar-refractivity contribution is 5.93. The first-order chi connectivity index (χ1) is 13.7. The Morgan fingerprint density at radius 3 is 2.61 bits per heavy atom. The molecule has 1 aliphatic heterocycles. The van der Waals surface area contributed by atoms with Gasteiger partial charge in [0.1, 0.15) is 24.0 Å². The number of likely N-dealkylation sites (tertiary alicyclic amines) is 1. The summed E-state index contributed by atoms with van der Waals surface area (Å²) in [6.45, 7) is 2.92. The van der Waals surface area contributed by atoms with E-state index in [1.165, 1.54) is 25.3 Å². The van der Waals surface area contributed by atoms with Crippen molar-refractivity contribution >= 4 is 11.0 Å². The lowest BCUT2D eigenvalue weighted by molar-refractivity contribution is 0.0617. The molecule has 0 radical (unpaired) electrons. The summed E-state index contributed by atoms with van der Waals surface area (Å²) in [4.78, 5) is 14.3. The number of β-amino-alcohol motifs (C(OH)–C–C–N with tert-alkyl or cyclic N) is 1. The van der Waals surface area contributed by atoms with Gasteiger partial charge in [0, 0.05) is 24.1 Å². The molecule has 0 bridgehead atoms. The molecule has 3 aromatic rings. The first-order valence-corrected chi connectivity index (χ1v) is 9.85. The van der Waals surface area contributed by atoms with Gasteiger partial charge in [-0.2, -0.15) is 0 Å². The van der Waals surface area contributed by atoms with Gasteiger partial charge in [0.25, 0.3) is 0 Å². The average Bonchev–Trinajstić information content (AvgIpc) is 2.73. The monoisotopic (exact) mass is 379 g/mol. The fourth-order valence-corrected chi connectivity index (χ4v) is 3.77. The summed E-state index contributed by atoms with van der Waals surface area (Å²) < 4.78 is 11.2. The lowest BCUT2D eigenvalue weighted by atomic mass is 10.0. The van der Waals surface area contributed by atoms with Crippen LogP contribution in [0.25, 0.3) is 22.1 Å². The third-order valence-electron chi connectivity index (χ3n) is 5.16. The molecule has 1 N–H and O–H groups in total. The van der Waals surface area contributed by atoms with Crippen LogP contribution in [0.15, 0.2) is 63.8 Å². The Labute approximate surface area is 164 Å². The van der Waals surface area contributed by atoms with Gasteiger partial charge in [0.2, 0.25) is 0 Å². The van der Waals surface area contributed by atoms with Crippen LogP contribution in [0, 0.1) is 0 Å². The van der Waals surface area contributed by atoms with E-state index in [1.54, 1.807) is 6.07 Å². The SMILES string of the molecule is O=c1cc(-c2ccccc2)c2ccc(OCC(O)CN3CCCCC3)cc2o1. The zero-order valence-corrected chi connectivity index (χ0v) is 15.8. The first kappa shape index (κ1) is 18.7. The molecule has 1 aromatic heterocycles. The van der Waals surface area contributed by atoms with Crippen molar-refractivity contribution in [2.45, 2.75) is 25.4 Å². The molecule has 146 valence electrons. The Hall–Kier alpha value is -2.63. The Morgan fingerprint density at radius 1 is 1.04 bits per heavy atom. The minimum atomic E-state index is -0.545. The molecule has 0 spiro atoms. The Balaban J connectivity index is 1.49. The quantitative estimate of drug-likeness (QED) is 0.662. The number of piperidine rings is 1. The third kappa shape index (κ3) is 4.43. The Bertz CT molecular complexity index is 977. The van der Waals surface area contributed by atoms with Gasteiger partial charge in [-0.15, -0.1) is 0 Å². The van der Waals surface area contributed by atoms with Crippen LogP contribution in [-0.2, 0) is 0 Å². The molecule has 0 aliphatic carbocycles. The van der Waals surface area contributed by atoms with Gasteiger partial charge >= 0.3 is 5.63 Å². The highest BCUT2D eigenvalue weighted by atomic mass is 16.5. The summed E-state index contributed by atoms with van der Waals surface area (Å²) in [6.07, 6.45) is 3.12. The highest BCUT2D eigenvalue weighted by Crippen LogP contribution is 2.29. The molecule has 28 heavy (non-hydrogen) atoms. The summed E-state index contributed by atoms with van der Waals surface area (Å²) in [5.41, 5.74) is 1.89. The second-order valence-corrected chi connectivity index (χ2v) is 7.33. The molecule has 0 saturated carbocycles. The van der Waals surface area contributed by atoms with E-state index in [0.717, 1.165) is 29.6 Å². The molecule has 0 amide bonds. The van der Waals surface area contributed by atoms with E-state index >= 15 is 0 Å². The molecule has 1 atom stereocenters. The molecule has 2 heterocycles. The molecular formula is C23H25NO4. The van der Waals surface area contributed by atoms with Crippen molar-refractivity contribution in [2.24, 2.45) is 0 Å². The van der Waals surface area contributed by atoms with E-state index in [9.17, 15) is 9.90 Å². The van der Waals surface area contributed by atoms with Crippen LogP contribution in [-0.4, -0.2) is 42.4 Å². The van der Waals surface area contributed by atoms with Crippen molar-refractivity contribution in [3.63, 3.8) is 0 Å². The second kappa shape index (κ2) is 8.59. The average molecular weight is 379 g/mol. The Kier molecular flexibility index (Phi) is 5.74. The standard InChI is InChI=1S/C23H25NO4/c25-18(15-24-11-5-2-6-12-24)16-27-19-9-10-20-21(17-7-3-1-4-8-17)14-23(26)28-22(20)13-19/h1,3-4,7-10,13-14,18,25H,2,5-6,11-12,15-16H2. The number of hydrogen-bond acceptors (Lipinski definition) is 5. The number of nitrogens with zero attached hydrogens (tertiary/aromatic N) is 1. The molecule has 2 aromatic carbocycles. The zero-order valence-electron chi connectivity index (χ0n) is 15.8. The molecule has 1 unspecified atom stereocenters. The lowest BCUT2D eigenvalue weighted by Crippen LogP contribution is -2.38. The minimum Gasteiger partial charge on any atom is -0.491 e. The van der Waals surface area contributed by atoms with Crippen molar-refractivity contribution in [3.05, 3.63) is 65.0 Å². The van der Waals surface area contributed by atoms with Crippen molar-refractivity contribution in [1.29, 1.82) is 0 Å². The van der Waals surface area contributed by atoms with Crippen LogP contribution in [0.5, 0.6) is 5.75 Å². The van der Waals surface area contributed by atoms with Gasteiger partial charge in [-0.1, -0.05) is 36.8 Å². The predicted molar refractivity (Wildman–Crippen MR) is 110 cm³/mol.